The fraction of sp³-hybridized carbons (Fsp3) is 0.316. The van der Waals surface area contributed by atoms with Gasteiger partial charge in [-0.1, -0.05) is 6.07 Å². The van der Waals surface area contributed by atoms with E-state index >= 15 is 0 Å². The molecule has 126 valence electrons. The average Bonchev–Trinajstić information content (AvgIpc) is 3.02. The van der Waals surface area contributed by atoms with E-state index in [9.17, 15) is 4.79 Å². The lowest BCUT2D eigenvalue weighted by atomic mass is 10.1. The fourth-order valence-corrected chi connectivity index (χ4v) is 2.66. The second-order valence-electron chi connectivity index (χ2n) is 6.18. The SMILES string of the molecule is CN(C)CCOc1cccc(NC(=O)c2ccc3c(c2)CCN3)c1. The summed E-state index contributed by atoms with van der Waals surface area (Å²) in [5.41, 5.74) is 3.74. The number of rotatable bonds is 6. The first-order valence-electron chi connectivity index (χ1n) is 8.17. The summed E-state index contributed by atoms with van der Waals surface area (Å²) >= 11 is 0. The highest BCUT2D eigenvalue weighted by Crippen LogP contribution is 2.24. The van der Waals surface area contributed by atoms with Crippen LogP contribution in [-0.2, 0) is 6.42 Å². The predicted octanol–water partition coefficient (Wildman–Crippen LogP) is 2.85. The molecular formula is C19H23N3O2. The second-order valence-corrected chi connectivity index (χ2v) is 6.18. The molecule has 0 unspecified atom stereocenters. The molecule has 0 saturated heterocycles. The topological polar surface area (TPSA) is 53.6 Å². The molecule has 0 radical (unpaired) electrons. The van der Waals surface area contributed by atoms with E-state index in [4.69, 9.17) is 4.74 Å². The molecule has 5 nitrogen and oxygen atoms in total. The predicted molar refractivity (Wildman–Crippen MR) is 97.1 cm³/mol. The molecule has 0 fully saturated rings. The van der Waals surface area contributed by atoms with Crippen LogP contribution in [-0.4, -0.2) is 44.6 Å². The molecule has 1 aliphatic rings. The first-order valence-corrected chi connectivity index (χ1v) is 8.17. The maximum absolute atomic E-state index is 12.4. The van der Waals surface area contributed by atoms with E-state index in [1.165, 1.54) is 5.56 Å². The van der Waals surface area contributed by atoms with Gasteiger partial charge in [0.25, 0.3) is 5.91 Å². The Morgan fingerprint density at radius 1 is 1.25 bits per heavy atom. The fourth-order valence-electron chi connectivity index (χ4n) is 2.66. The van der Waals surface area contributed by atoms with Crippen molar-refractivity contribution in [3.8, 4) is 5.75 Å². The normalized spacial score (nSPS) is 12.6. The van der Waals surface area contributed by atoms with Gasteiger partial charge in [-0.15, -0.1) is 0 Å². The van der Waals surface area contributed by atoms with Gasteiger partial charge in [-0.3, -0.25) is 4.79 Å². The number of ether oxygens (including phenoxy) is 1. The van der Waals surface area contributed by atoms with Crippen LogP contribution in [0.25, 0.3) is 0 Å². The molecule has 0 bridgehead atoms. The van der Waals surface area contributed by atoms with E-state index in [-0.39, 0.29) is 5.91 Å². The van der Waals surface area contributed by atoms with Crippen LogP contribution in [0.3, 0.4) is 0 Å². The lowest BCUT2D eigenvalue weighted by molar-refractivity contribution is 0.102. The van der Waals surface area contributed by atoms with Crippen molar-refractivity contribution in [3.05, 3.63) is 53.6 Å². The Hall–Kier alpha value is -2.53. The number of likely N-dealkylation sites (N-methyl/N-ethyl adjacent to an activating group) is 1. The summed E-state index contributed by atoms with van der Waals surface area (Å²) in [6, 6.07) is 13.3. The first-order chi connectivity index (χ1) is 11.6. The molecule has 2 N–H and O–H groups in total. The van der Waals surface area contributed by atoms with Gasteiger partial charge in [0, 0.05) is 36.1 Å². The maximum Gasteiger partial charge on any atom is 0.255 e. The number of amides is 1. The molecule has 0 aliphatic carbocycles. The Bertz CT molecular complexity index is 728. The smallest absolute Gasteiger partial charge is 0.255 e. The minimum atomic E-state index is -0.102. The highest BCUT2D eigenvalue weighted by molar-refractivity contribution is 6.04. The zero-order valence-electron chi connectivity index (χ0n) is 14.1. The zero-order valence-corrected chi connectivity index (χ0v) is 14.1. The quantitative estimate of drug-likeness (QED) is 0.857. The van der Waals surface area contributed by atoms with Crippen LogP contribution in [0.15, 0.2) is 42.5 Å². The summed E-state index contributed by atoms with van der Waals surface area (Å²) < 4.78 is 5.70. The van der Waals surface area contributed by atoms with Crippen LogP contribution < -0.4 is 15.4 Å². The van der Waals surface area contributed by atoms with Crippen LogP contribution in [0.5, 0.6) is 5.75 Å². The minimum absolute atomic E-state index is 0.102. The van der Waals surface area contributed by atoms with Crippen molar-refractivity contribution < 1.29 is 9.53 Å². The molecule has 0 saturated carbocycles. The van der Waals surface area contributed by atoms with Crippen molar-refractivity contribution in [1.82, 2.24) is 4.90 Å². The van der Waals surface area contributed by atoms with Crippen LogP contribution in [0.4, 0.5) is 11.4 Å². The van der Waals surface area contributed by atoms with E-state index in [2.05, 4.69) is 15.5 Å². The van der Waals surface area contributed by atoms with Gasteiger partial charge in [0.1, 0.15) is 12.4 Å². The number of fused-ring (bicyclic) bond motifs is 1. The van der Waals surface area contributed by atoms with Gasteiger partial charge in [-0.2, -0.15) is 0 Å². The Balaban J connectivity index is 1.64. The largest absolute Gasteiger partial charge is 0.492 e. The van der Waals surface area contributed by atoms with Crippen LogP contribution in [0.2, 0.25) is 0 Å². The van der Waals surface area contributed by atoms with E-state index in [0.717, 1.165) is 36.6 Å². The molecule has 0 aromatic heterocycles. The Morgan fingerprint density at radius 2 is 2.12 bits per heavy atom. The molecule has 1 amide bonds. The molecule has 1 aliphatic heterocycles. The van der Waals surface area contributed by atoms with Crippen molar-refractivity contribution in [3.63, 3.8) is 0 Å². The van der Waals surface area contributed by atoms with E-state index in [0.29, 0.717) is 12.2 Å². The Labute approximate surface area is 142 Å². The standard InChI is InChI=1S/C19H23N3O2/c1-22(2)10-11-24-17-5-3-4-16(13-17)21-19(23)15-6-7-18-14(12-15)8-9-20-18/h3-7,12-13,20H,8-11H2,1-2H3,(H,21,23). The molecule has 0 spiro atoms. The number of anilines is 2. The van der Waals surface area contributed by atoms with Crippen molar-refractivity contribution >= 4 is 17.3 Å². The van der Waals surface area contributed by atoms with Gasteiger partial charge >= 0.3 is 0 Å². The molecule has 3 rings (SSSR count). The zero-order chi connectivity index (χ0) is 16.9. The number of carbonyl (C=O) groups is 1. The van der Waals surface area contributed by atoms with Gasteiger partial charge in [0.15, 0.2) is 0 Å². The minimum Gasteiger partial charge on any atom is -0.492 e. The number of nitrogens with one attached hydrogen (secondary N) is 2. The first kappa shape index (κ1) is 16.3. The van der Waals surface area contributed by atoms with Crippen molar-refractivity contribution in [1.29, 1.82) is 0 Å². The maximum atomic E-state index is 12.4. The summed E-state index contributed by atoms with van der Waals surface area (Å²) in [7, 11) is 4.01. The van der Waals surface area contributed by atoms with Crippen LogP contribution in [0, 0.1) is 0 Å². The van der Waals surface area contributed by atoms with E-state index in [1.807, 2.05) is 56.6 Å². The second kappa shape index (κ2) is 7.36. The Kier molecular flexibility index (Phi) is 5.01. The summed E-state index contributed by atoms with van der Waals surface area (Å²) in [6.07, 6.45) is 0.964. The van der Waals surface area contributed by atoms with Gasteiger partial charge in [-0.25, -0.2) is 0 Å². The van der Waals surface area contributed by atoms with Gasteiger partial charge in [0.2, 0.25) is 0 Å². The van der Waals surface area contributed by atoms with Crippen LogP contribution >= 0.6 is 0 Å². The molecule has 2 aromatic carbocycles. The Morgan fingerprint density at radius 3 is 2.96 bits per heavy atom. The lowest BCUT2D eigenvalue weighted by Gasteiger charge is -2.12. The summed E-state index contributed by atoms with van der Waals surface area (Å²) in [5.74, 6) is 0.656. The molecule has 0 atom stereocenters. The number of hydrogen-bond donors (Lipinski definition) is 2. The molecular weight excluding hydrogens is 302 g/mol. The average molecular weight is 325 g/mol. The van der Waals surface area contributed by atoms with Gasteiger partial charge < -0.3 is 20.3 Å². The van der Waals surface area contributed by atoms with Crippen LogP contribution in [0.1, 0.15) is 15.9 Å². The number of nitrogens with zero attached hydrogens (tertiary/aromatic N) is 1. The van der Waals surface area contributed by atoms with Crippen molar-refractivity contribution in [2.24, 2.45) is 0 Å². The number of hydrogen-bond acceptors (Lipinski definition) is 4. The molecule has 1 heterocycles. The summed E-state index contributed by atoms with van der Waals surface area (Å²) in [6.45, 7) is 2.40. The van der Waals surface area contributed by atoms with Crippen molar-refractivity contribution in [2.45, 2.75) is 6.42 Å². The molecule has 2 aromatic rings. The highest BCUT2D eigenvalue weighted by atomic mass is 16.5. The lowest BCUT2D eigenvalue weighted by Crippen LogP contribution is -2.19. The van der Waals surface area contributed by atoms with Gasteiger partial charge in [0.05, 0.1) is 0 Å². The number of benzene rings is 2. The highest BCUT2D eigenvalue weighted by Gasteiger charge is 2.13. The van der Waals surface area contributed by atoms with E-state index in [1.54, 1.807) is 0 Å². The van der Waals surface area contributed by atoms with E-state index < -0.39 is 0 Å². The van der Waals surface area contributed by atoms with Gasteiger partial charge in [-0.05, 0) is 56.4 Å². The molecule has 5 heteroatoms. The third-order valence-corrected chi connectivity index (χ3v) is 3.98. The summed E-state index contributed by atoms with van der Waals surface area (Å²) in [5, 5.41) is 6.24. The number of carbonyl (C=O) groups excluding carboxylic acids is 1. The third-order valence-electron chi connectivity index (χ3n) is 3.98. The molecule has 24 heavy (non-hydrogen) atoms. The monoisotopic (exact) mass is 325 g/mol. The van der Waals surface area contributed by atoms with Crippen molar-refractivity contribution in [2.75, 3.05) is 44.4 Å². The third kappa shape index (κ3) is 4.06. The summed E-state index contributed by atoms with van der Waals surface area (Å²) in [4.78, 5) is 14.5.